The smallest absolute Gasteiger partial charge is 1.00 e. The second-order valence-electron chi connectivity index (χ2n) is 1.50. The van der Waals surface area contributed by atoms with E-state index in [1.165, 1.54) is 0 Å². The van der Waals surface area contributed by atoms with Gasteiger partial charge in [0.05, 0.1) is 0 Å². The summed E-state index contributed by atoms with van der Waals surface area (Å²) in [5.41, 5.74) is 0. The molecule has 0 heterocycles. The molecule has 0 aromatic heterocycles. The molecule has 0 aromatic rings. The van der Waals surface area contributed by atoms with Gasteiger partial charge in [0.1, 0.15) is 0 Å². The topological polar surface area (TPSA) is 0 Å². The zero-order valence-corrected chi connectivity index (χ0v) is 7.35. The molecule has 0 rings (SSSR count). The van der Waals surface area contributed by atoms with Crippen LogP contribution >= 0.6 is 0 Å². The van der Waals surface area contributed by atoms with Crippen LogP contribution in [-0.2, 0) is 0 Å². The van der Waals surface area contributed by atoms with E-state index in [0.717, 1.165) is 0 Å². The van der Waals surface area contributed by atoms with Gasteiger partial charge in [-0.15, -0.1) is 0 Å². The van der Waals surface area contributed by atoms with Gasteiger partial charge in [-0.1, -0.05) is 0 Å². The summed E-state index contributed by atoms with van der Waals surface area (Å²) in [5, 5.41) is 0. The second-order valence-corrected chi connectivity index (χ2v) is 10.1. The van der Waals surface area contributed by atoms with E-state index < -0.39 is 19.8 Å². The molecule has 2 heteroatoms. The minimum Gasteiger partial charge on any atom is 1.00 e. The van der Waals surface area contributed by atoms with Crippen molar-refractivity contribution in [1.82, 2.24) is 0 Å². The monoisotopic (exact) mass is 172 g/mol. The maximum Gasteiger partial charge on any atom is 1.00 e. The van der Waals surface area contributed by atoms with Crippen LogP contribution in [0.1, 0.15) is 0 Å². The molecular weight excluding hydrogens is 162 g/mol. The molecule has 0 N–H and O–H groups in total. The summed E-state index contributed by atoms with van der Waals surface area (Å²) in [5.74, 6) is 0. The average Bonchev–Trinajstić information content (AvgIpc) is 0.811. The Labute approximate surface area is 53.2 Å². The van der Waals surface area contributed by atoms with Crippen LogP contribution in [0.15, 0.2) is 0 Å². The molecule has 24 valence electrons. The molecule has 0 aliphatic carbocycles. The Hall–Kier alpha value is 1.40. The molecule has 0 fully saturated rings. The molecule has 0 saturated heterocycles. The van der Waals surface area contributed by atoms with E-state index in [0.29, 0.717) is 0 Å². The van der Waals surface area contributed by atoms with Crippen molar-refractivity contribution in [3.05, 3.63) is 0 Å². The molecule has 0 amide bonds. The van der Waals surface area contributed by atoms with Crippen molar-refractivity contribution in [2.75, 3.05) is 0 Å². The number of hydrogen-bond donors (Lipinski definition) is 0. The van der Waals surface area contributed by atoms with Crippen LogP contribution < -0.4 is 18.9 Å². The summed E-state index contributed by atoms with van der Waals surface area (Å²) in [4.78, 5) is 7.09. The summed E-state index contributed by atoms with van der Waals surface area (Å²) in [7, 11) is 0. The largest absolute Gasteiger partial charge is 1.00 e. The first-order valence-corrected chi connectivity index (χ1v) is 10.1. The van der Waals surface area contributed by atoms with Gasteiger partial charge in [-0.2, -0.15) is 0 Å². The summed E-state index contributed by atoms with van der Waals surface area (Å²) >= 11 is -0.543. The Morgan fingerprint density at radius 2 is 1.00 bits per heavy atom. The number of rotatable bonds is 0. The predicted octanol–water partition coefficient (Wildman–Crippen LogP) is -1.63. The summed E-state index contributed by atoms with van der Waals surface area (Å²) in [6.45, 7) is 0. The molecule has 0 saturated carbocycles. The first-order valence-electron chi connectivity index (χ1n) is 1.50. The van der Waals surface area contributed by atoms with E-state index in [4.69, 9.17) is 0 Å². The molecule has 0 bridgehead atoms. The third-order valence-corrected chi connectivity index (χ3v) is 0. The molecule has 0 nitrogen and oxygen atoms in total. The molecule has 0 radical (unpaired) electrons. The summed E-state index contributed by atoms with van der Waals surface area (Å²) < 4.78 is 0. The van der Waals surface area contributed by atoms with Crippen LogP contribution in [0, 0.1) is 0 Å². The molecule has 0 aliphatic heterocycles. The minimum absolute atomic E-state index is 0. The molecule has 0 aromatic carbocycles. The summed E-state index contributed by atoms with van der Waals surface area (Å²) in [6.07, 6.45) is 0. The van der Waals surface area contributed by atoms with Gasteiger partial charge in [-0.3, -0.25) is 0 Å². The Bertz CT molecular complexity index is 11.6. The molecular formula is C3H9LiSn+2. The van der Waals surface area contributed by atoms with Gasteiger partial charge in [0.2, 0.25) is 0 Å². The van der Waals surface area contributed by atoms with Crippen LogP contribution in [0.3, 0.4) is 0 Å². The van der Waals surface area contributed by atoms with Crippen molar-refractivity contribution in [2.45, 2.75) is 14.8 Å². The van der Waals surface area contributed by atoms with E-state index in [9.17, 15) is 0 Å². The molecule has 0 spiro atoms. The fraction of sp³-hybridized carbons (Fsp3) is 1.00. The minimum atomic E-state index is -0.543. The van der Waals surface area contributed by atoms with Crippen LogP contribution in [0.25, 0.3) is 0 Å². The third kappa shape index (κ3) is 31.9. The van der Waals surface area contributed by atoms with Crippen molar-refractivity contribution in [2.24, 2.45) is 0 Å². The van der Waals surface area contributed by atoms with Crippen LogP contribution in [0.2, 0.25) is 14.8 Å². The average molecular weight is 171 g/mol. The van der Waals surface area contributed by atoms with Crippen molar-refractivity contribution in [3.8, 4) is 0 Å². The second kappa shape index (κ2) is 5.40. The third-order valence-electron chi connectivity index (χ3n) is 0. The van der Waals surface area contributed by atoms with Gasteiger partial charge in [0.25, 0.3) is 0 Å². The van der Waals surface area contributed by atoms with E-state index in [1.807, 2.05) is 0 Å². The van der Waals surface area contributed by atoms with Gasteiger partial charge < -0.3 is 0 Å². The Kier molecular flexibility index (Phi) is 10.4. The van der Waals surface area contributed by atoms with E-state index >= 15 is 0 Å². The zero-order valence-electron chi connectivity index (χ0n) is 4.50. The molecule has 0 aliphatic rings. The number of hydrogen-bond acceptors (Lipinski definition) is 0. The maximum absolute atomic E-state index is 2.36. The Morgan fingerprint density at radius 1 is 1.00 bits per heavy atom. The van der Waals surface area contributed by atoms with Gasteiger partial charge in [-0.25, -0.2) is 0 Å². The first kappa shape index (κ1) is 9.64. The zero-order chi connectivity index (χ0) is 3.58. The van der Waals surface area contributed by atoms with E-state index in [-0.39, 0.29) is 18.9 Å². The van der Waals surface area contributed by atoms with Crippen molar-refractivity contribution in [3.63, 3.8) is 0 Å². The van der Waals surface area contributed by atoms with E-state index in [1.54, 1.807) is 0 Å². The fourth-order valence-corrected chi connectivity index (χ4v) is 0. The molecule has 5 heavy (non-hydrogen) atoms. The van der Waals surface area contributed by atoms with Gasteiger partial charge >= 0.3 is 53.4 Å². The normalized spacial score (nSPS) is 5.40. The van der Waals surface area contributed by atoms with Crippen LogP contribution in [0.4, 0.5) is 0 Å². The Morgan fingerprint density at radius 3 is 1.00 bits per heavy atom. The van der Waals surface area contributed by atoms with Crippen LogP contribution in [-0.4, -0.2) is 19.8 Å². The molecule has 0 atom stereocenters. The Balaban J connectivity index is 0. The van der Waals surface area contributed by atoms with Gasteiger partial charge in [0.15, 0.2) is 0 Å². The van der Waals surface area contributed by atoms with Crippen LogP contribution in [0.5, 0.6) is 0 Å². The van der Waals surface area contributed by atoms with E-state index in [2.05, 4.69) is 14.8 Å². The quantitative estimate of drug-likeness (QED) is 0.384. The summed E-state index contributed by atoms with van der Waals surface area (Å²) in [6, 6.07) is 0. The first-order chi connectivity index (χ1) is 1.73. The van der Waals surface area contributed by atoms with Crippen molar-refractivity contribution >= 4 is 19.8 Å². The van der Waals surface area contributed by atoms with Gasteiger partial charge in [0, 0.05) is 0 Å². The van der Waals surface area contributed by atoms with Crippen molar-refractivity contribution < 1.29 is 18.9 Å². The standard InChI is InChI=1S/3CH3.Li.Sn/h3*1H3;;/q;;;2*+1. The maximum atomic E-state index is 2.36. The predicted molar refractivity (Wildman–Crippen MR) is 23.3 cm³/mol. The fourth-order valence-electron chi connectivity index (χ4n) is 0. The molecule has 0 unspecified atom stereocenters. The van der Waals surface area contributed by atoms with Gasteiger partial charge in [-0.05, 0) is 0 Å². The van der Waals surface area contributed by atoms with Crippen molar-refractivity contribution in [1.29, 1.82) is 0 Å². The SMILES string of the molecule is [CH3][Sn+]([CH3])[CH3].[Li+].